The number of rotatable bonds is 7. The first-order valence-electron chi connectivity index (χ1n) is 6.69. The zero-order valence-corrected chi connectivity index (χ0v) is 12.7. The van der Waals surface area contributed by atoms with E-state index >= 15 is 0 Å². The molecule has 1 amide bonds. The molecular formula is C15H16N2O6. The summed E-state index contributed by atoms with van der Waals surface area (Å²) >= 11 is 0. The van der Waals surface area contributed by atoms with Crippen LogP contribution in [0.3, 0.4) is 0 Å². The van der Waals surface area contributed by atoms with Crippen LogP contribution in [0.4, 0.5) is 0 Å². The third-order valence-corrected chi connectivity index (χ3v) is 2.96. The number of methoxy groups -OCH3 is 1. The summed E-state index contributed by atoms with van der Waals surface area (Å²) in [6, 6.07) is 8.22. The fourth-order valence-electron chi connectivity index (χ4n) is 1.83. The van der Waals surface area contributed by atoms with Crippen molar-refractivity contribution in [2.45, 2.75) is 6.54 Å². The van der Waals surface area contributed by atoms with E-state index in [9.17, 15) is 9.59 Å². The van der Waals surface area contributed by atoms with Gasteiger partial charge in [-0.25, -0.2) is 4.79 Å². The number of carboxylic acid groups (broad SMARTS) is 1. The quantitative estimate of drug-likeness (QED) is 0.823. The van der Waals surface area contributed by atoms with E-state index in [4.69, 9.17) is 19.1 Å². The smallest absolute Gasteiger partial charge is 0.341 e. The van der Waals surface area contributed by atoms with Gasteiger partial charge in [0.15, 0.2) is 6.61 Å². The number of carbonyl (C=O) groups is 2. The van der Waals surface area contributed by atoms with E-state index in [0.717, 1.165) is 5.56 Å². The Morgan fingerprint density at radius 1 is 1.30 bits per heavy atom. The third kappa shape index (κ3) is 4.47. The molecule has 0 spiro atoms. The molecule has 1 N–H and O–H groups in total. The molecule has 2 aromatic rings. The molecule has 0 aliphatic rings. The minimum absolute atomic E-state index is 0.0887. The summed E-state index contributed by atoms with van der Waals surface area (Å²) < 4.78 is 14.8. The molecule has 8 heteroatoms. The first-order chi connectivity index (χ1) is 11.0. The summed E-state index contributed by atoms with van der Waals surface area (Å²) in [6.45, 7) is -0.0495. The Labute approximate surface area is 132 Å². The number of carbonyl (C=O) groups excluding carboxylic acids is 1. The van der Waals surface area contributed by atoms with E-state index < -0.39 is 12.6 Å². The Kier molecular flexibility index (Phi) is 5.19. The van der Waals surface area contributed by atoms with Crippen molar-refractivity contribution in [1.82, 2.24) is 10.1 Å². The van der Waals surface area contributed by atoms with E-state index in [-0.39, 0.29) is 17.5 Å². The summed E-state index contributed by atoms with van der Waals surface area (Å²) in [5.41, 5.74) is 0.856. The molecule has 0 atom stereocenters. The van der Waals surface area contributed by atoms with E-state index in [1.165, 1.54) is 18.1 Å². The van der Waals surface area contributed by atoms with Crippen LogP contribution in [0.25, 0.3) is 0 Å². The van der Waals surface area contributed by atoms with Crippen LogP contribution < -0.4 is 9.47 Å². The molecular weight excluding hydrogens is 304 g/mol. The SMILES string of the molecule is COc1cc(C(=O)N(C)Cc2ccc(OCC(=O)O)cc2)on1. The molecule has 1 aromatic heterocycles. The van der Waals surface area contributed by atoms with Gasteiger partial charge >= 0.3 is 5.97 Å². The highest BCUT2D eigenvalue weighted by Crippen LogP contribution is 2.16. The van der Waals surface area contributed by atoms with Crippen molar-refractivity contribution in [2.75, 3.05) is 20.8 Å². The molecule has 0 saturated heterocycles. The van der Waals surface area contributed by atoms with Crippen molar-refractivity contribution in [3.63, 3.8) is 0 Å². The molecule has 0 bridgehead atoms. The predicted molar refractivity (Wildman–Crippen MR) is 78.4 cm³/mol. The van der Waals surface area contributed by atoms with Crippen molar-refractivity contribution in [3.8, 4) is 11.6 Å². The lowest BCUT2D eigenvalue weighted by atomic mass is 10.2. The fourth-order valence-corrected chi connectivity index (χ4v) is 1.83. The summed E-state index contributed by atoms with van der Waals surface area (Å²) in [5.74, 6) is -0.591. The number of amides is 1. The van der Waals surface area contributed by atoms with Gasteiger partial charge in [-0.15, -0.1) is 0 Å². The van der Waals surface area contributed by atoms with Crippen LogP contribution in [0.15, 0.2) is 34.9 Å². The molecule has 0 saturated carbocycles. The Morgan fingerprint density at radius 2 is 2.00 bits per heavy atom. The van der Waals surface area contributed by atoms with E-state index in [1.807, 2.05) is 0 Å². The number of carboxylic acids is 1. The zero-order chi connectivity index (χ0) is 16.8. The molecule has 23 heavy (non-hydrogen) atoms. The molecule has 0 aliphatic carbocycles. The normalized spacial score (nSPS) is 10.2. The summed E-state index contributed by atoms with van der Waals surface area (Å²) in [6.07, 6.45) is 0. The average Bonchev–Trinajstić information content (AvgIpc) is 3.02. The van der Waals surface area contributed by atoms with Gasteiger partial charge in [0.25, 0.3) is 11.8 Å². The average molecular weight is 320 g/mol. The highest BCUT2D eigenvalue weighted by Gasteiger charge is 2.18. The minimum Gasteiger partial charge on any atom is -0.482 e. The van der Waals surface area contributed by atoms with Crippen molar-refractivity contribution in [1.29, 1.82) is 0 Å². The van der Waals surface area contributed by atoms with E-state index in [1.54, 1.807) is 31.3 Å². The van der Waals surface area contributed by atoms with Crippen LogP contribution in [-0.2, 0) is 11.3 Å². The predicted octanol–water partition coefficient (Wildman–Crippen LogP) is 1.42. The topological polar surface area (TPSA) is 102 Å². The van der Waals surface area contributed by atoms with E-state index in [2.05, 4.69) is 5.16 Å². The number of aliphatic carboxylic acids is 1. The molecule has 0 fully saturated rings. The number of hydrogen-bond donors (Lipinski definition) is 1. The standard InChI is InChI=1S/C15H16N2O6/c1-17(15(20)12-7-13(21-2)16-23-12)8-10-3-5-11(6-4-10)22-9-14(18)19/h3-7H,8-9H2,1-2H3,(H,18,19). The van der Waals surface area contributed by atoms with Crippen LogP contribution in [0.2, 0.25) is 0 Å². The van der Waals surface area contributed by atoms with Gasteiger partial charge in [0.2, 0.25) is 5.76 Å². The maximum absolute atomic E-state index is 12.2. The minimum atomic E-state index is -1.04. The second-order valence-corrected chi connectivity index (χ2v) is 4.72. The van der Waals surface area contributed by atoms with E-state index in [0.29, 0.717) is 12.3 Å². The Balaban J connectivity index is 1.95. The van der Waals surface area contributed by atoms with Crippen molar-refractivity contribution in [2.24, 2.45) is 0 Å². The third-order valence-electron chi connectivity index (χ3n) is 2.96. The Hall–Kier alpha value is -3.03. The van der Waals surface area contributed by atoms with Gasteiger partial charge < -0.3 is 24.0 Å². The monoisotopic (exact) mass is 320 g/mol. The highest BCUT2D eigenvalue weighted by atomic mass is 16.5. The van der Waals surface area contributed by atoms with Crippen LogP contribution >= 0.6 is 0 Å². The lowest BCUT2D eigenvalue weighted by Crippen LogP contribution is -2.25. The fraction of sp³-hybridized carbons (Fsp3) is 0.267. The molecule has 0 unspecified atom stereocenters. The van der Waals surface area contributed by atoms with Gasteiger partial charge in [-0.3, -0.25) is 4.79 Å². The first-order valence-corrected chi connectivity index (χ1v) is 6.69. The van der Waals surface area contributed by atoms with Gasteiger partial charge in [-0.2, -0.15) is 0 Å². The molecule has 0 radical (unpaired) electrons. The maximum Gasteiger partial charge on any atom is 0.341 e. The van der Waals surface area contributed by atoms with Gasteiger partial charge in [0, 0.05) is 13.6 Å². The molecule has 2 rings (SSSR count). The zero-order valence-electron chi connectivity index (χ0n) is 12.7. The Morgan fingerprint density at radius 3 is 2.57 bits per heavy atom. The van der Waals surface area contributed by atoms with Gasteiger partial charge in [0.1, 0.15) is 5.75 Å². The molecule has 8 nitrogen and oxygen atoms in total. The largest absolute Gasteiger partial charge is 0.482 e. The molecule has 1 heterocycles. The lowest BCUT2D eigenvalue weighted by molar-refractivity contribution is -0.139. The van der Waals surface area contributed by atoms with Crippen LogP contribution in [0.5, 0.6) is 11.6 Å². The van der Waals surface area contributed by atoms with Crippen LogP contribution in [0.1, 0.15) is 16.1 Å². The first kappa shape index (κ1) is 16.3. The maximum atomic E-state index is 12.2. The van der Waals surface area contributed by atoms with Crippen molar-refractivity contribution >= 4 is 11.9 Å². The highest BCUT2D eigenvalue weighted by molar-refractivity contribution is 5.91. The second-order valence-electron chi connectivity index (χ2n) is 4.72. The molecule has 1 aromatic carbocycles. The van der Waals surface area contributed by atoms with Gasteiger partial charge in [0.05, 0.1) is 13.2 Å². The Bertz CT molecular complexity index is 680. The number of hydrogen-bond acceptors (Lipinski definition) is 6. The van der Waals surface area contributed by atoms with Crippen molar-refractivity contribution < 1.29 is 28.7 Å². The van der Waals surface area contributed by atoms with Crippen LogP contribution in [0, 0.1) is 0 Å². The number of nitrogens with zero attached hydrogens (tertiary/aromatic N) is 2. The number of benzene rings is 1. The van der Waals surface area contributed by atoms with Crippen LogP contribution in [-0.4, -0.2) is 47.8 Å². The lowest BCUT2D eigenvalue weighted by Gasteiger charge is -2.15. The summed E-state index contributed by atoms with van der Waals surface area (Å²) in [5, 5.41) is 12.1. The second kappa shape index (κ2) is 7.30. The molecule has 0 aliphatic heterocycles. The summed E-state index contributed by atoms with van der Waals surface area (Å²) in [7, 11) is 3.07. The number of aromatic nitrogens is 1. The van der Waals surface area contributed by atoms with Gasteiger partial charge in [-0.1, -0.05) is 12.1 Å². The molecule has 122 valence electrons. The number of ether oxygens (including phenoxy) is 2. The van der Waals surface area contributed by atoms with Crippen molar-refractivity contribution in [3.05, 3.63) is 41.7 Å². The summed E-state index contributed by atoms with van der Waals surface area (Å²) in [4.78, 5) is 24.1. The van der Waals surface area contributed by atoms with Gasteiger partial charge in [-0.05, 0) is 22.9 Å².